The van der Waals surface area contributed by atoms with Crippen molar-refractivity contribution in [1.29, 1.82) is 0 Å². The van der Waals surface area contributed by atoms with E-state index in [1.165, 1.54) is 18.4 Å². The van der Waals surface area contributed by atoms with Crippen LogP contribution in [0.5, 0.6) is 5.75 Å². The lowest BCUT2D eigenvalue weighted by Gasteiger charge is -2.27. The molecule has 0 aromatic heterocycles. The van der Waals surface area contributed by atoms with Gasteiger partial charge in [0, 0.05) is 6.54 Å². The second-order valence-corrected chi connectivity index (χ2v) is 7.76. The Morgan fingerprint density at radius 3 is 2.29 bits per heavy atom. The Labute approximate surface area is 174 Å². The van der Waals surface area contributed by atoms with Crippen LogP contribution < -0.4 is 10.1 Å². The van der Waals surface area contributed by atoms with Crippen LogP contribution >= 0.6 is 13.5 Å². The third-order valence-corrected chi connectivity index (χ3v) is 5.97. The Balaban J connectivity index is 0.00000225. The van der Waals surface area contributed by atoms with E-state index in [1.807, 2.05) is 30.3 Å². The quantitative estimate of drug-likeness (QED) is 0.771. The van der Waals surface area contributed by atoms with Gasteiger partial charge in [0.1, 0.15) is 5.75 Å². The molecular weight excluding hydrogens is 368 g/mol. The SMILES string of the molecule is COc1ccc(C2(C(=O)N[C@H](CN3CCCC3)c3ccccc3)CC2)cc1.S. The maximum atomic E-state index is 13.3. The highest BCUT2D eigenvalue weighted by molar-refractivity contribution is 7.59. The Bertz CT molecular complexity index is 769. The highest BCUT2D eigenvalue weighted by atomic mass is 32.1. The first-order valence-corrected chi connectivity index (χ1v) is 9.94. The molecule has 2 aromatic carbocycles. The molecule has 1 aliphatic heterocycles. The molecular formula is C23H30N2O2S. The molecule has 5 heteroatoms. The predicted octanol–water partition coefficient (Wildman–Crippen LogP) is 3.79. The van der Waals surface area contributed by atoms with E-state index < -0.39 is 0 Å². The molecule has 4 rings (SSSR count). The zero-order chi connectivity index (χ0) is 18.7. The molecule has 4 nitrogen and oxygen atoms in total. The summed E-state index contributed by atoms with van der Waals surface area (Å²) in [6.45, 7) is 3.14. The lowest BCUT2D eigenvalue weighted by Crippen LogP contribution is -2.41. The van der Waals surface area contributed by atoms with Gasteiger partial charge in [-0.1, -0.05) is 42.5 Å². The number of ether oxygens (including phenoxy) is 1. The van der Waals surface area contributed by atoms with Crippen LogP contribution in [0.1, 0.15) is 42.9 Å². The molecule has 2 fully saturated rings. The second-order valence-electron chi connectivity index (χ2n) is 7.76. The largest absolute Gasteiger partial charge is 0.497 e. The zero-order valence-electron chi connectivity index (χ0n) is 16.5. The molecule has 2 aromatic rings. The Kier molecular flexibility index (Phi) is 6.68. The van der Waals surface area contributed by atoms with Crippen molar-refractivity contribution in [3.63, 3.8) is 0 Å². The van der Waals surface area contributed by atoms with E-state index in [4.69, 9.17) is 4.74 Å². The van der Waals surface area contributed by atoms with E-state index >= 15 is 0 Å². The first kappa shape index (κ1) is 20.7. The fraction of sp³-hybridized carbons (Fsp3) is 0.435. The highest BCUT2D eigenvalue weighted by Crippen LogP contribution is 2.49. The number of likely N-dealkylation sites (tertiary alicyclic amines) is 1. The third kappa shape index (κ3) is 4.36. The maximum absolute atomic E-state index is 13.3. The summed E-state index contributed by atoms with van der Waals surface area (Å²) in [6, 6.07) is 18.4. The molecule has 1 saturated carbocycles. The number of carbonyl (C=O) groups is 1. The van der Waals surface area contributed by atoms with Crippen molar-refractivity contribution < 1.29 is 9.53 Å². The summed E-state index contributed by atoms with van der Waals surface area (Å²) in [4.78, 5) is 15.7. The van der Waals surface area contributed by atoms with Crippen LogP contribution in [-0.4, -0.2) is 37.6 Å². The number of hydrogen-bond acceptors (Lipinski definition) is 3. The number of hydrogen-bond donors (Lipinski definition) is 1. The van der Waals surface area contributed by atoms with Crippen LogP contribution in [0, 0.1) is 0 Å². The van der Waals surface area contributed by atoms with E-state index in [0.717, 1.165) is 43.8 Å². The van der Waals surface area contributed by atoms with Crippen molar-refractivity contribution in [2.45, 2.75) is 37.1 Å². The van der Waals surface area contributed by atoms with E-state index in [1.54, 1.807) is 7.11 Å². The van der Waals surface area contributed by atoms with Crippen molar-refractivity contribution in [2.24, 2.45) is 0 Å². The lowest BCUT2D eigenvalue weighted by molar-refractivity contribution is -0.124. The highest BCUT2D eigenvalue weighted by Gasteiger charge is 2.51. The van der Waals surface area contributed by atoms with Crippen LogP contribution in [0.4, 0.5) is 0 Å². The van der Waals surface area contributed by atoms with Crippen LogP contribution in [-0.2, 0) is 10.2 Å². The van der Waals surface area contributed by atoms with Crippen molar-refractivity contribution in [1.82, 2.24) is 10.2 Å². The summed E-state index contributed by atoms with van der Waals surface area (Å²) >= 11 is 0. The fourth-order valence-corrected chi connectivity index (χ4v) is 4.12. The zero-order valence-corrected chi connectivity index (χ0v) is 17.5. The van der Waals surface area contributed by atoms with Crippen molar-refractivity contribution in [3.05, 3.63) is 65.7 Å². The monoisotopic (exact) mass is 398 g/mol. The van der Waals surface area contributed by atoms with E-state index in [0.29, 0.717) is 0 Å². The Morgan fingerprint density at radius 1 is 1.07 bits per heavy atom. The van der Waals surface area contributed by atoms with Gasteiger partial charge in [0.05, 0.1) is 18.6 Å². The first-order valence-electron chi connectivity index (χ1n) is 9.94. The molecule has 28 heavy (non-hydrogen) atoms. The summed E-state index contributed by atoms with van der Waals surface area (Å²) in [7, 11) is 1.66. The van der Waals surface area contributed by atoms with Crippen LogP contribution in [0.25, 0.3) is 0 Å². The van der Waals surface area contributed by atoms with Crippen LogP contribution in [0.2, 0.25) is 0 Å². The van der Waals surface area contributed by atoms with Crippen LogP contribution in [0.3, 0.4) is 0 Å². The van der Waals surface area contributed by atoms with Crippen molar-refractivity contribution in [2.75, 3.05) is 26.7 Å². The van der Waals surface area contributed by atoms with Gasteiger partial charge in [0.15, 0.2) is 0 Å². The summed E-state index contributed by atoms with van der Waals surface area (Å²) in [6.07, 6.45) is 4.34. The summed E-state index contributed by atoms with van der Waals surface area (Å²) in [5.41, 5.74) is 1.90. The fourth-order valence-electron chi connectivity index (χ4n) is 4.12. The first-order chi connectivity index (χ1) is 13.2. The maximum Gasteiger partial charge on any atom is 0.231 e. The minimum atomic E-state index is -0.371. The van der Waals surface area contributed by atoms with Gasteiger partial charge in [-0.25, -0.2) is 0 Å². The molecule has 1 N–H and O–H groups in total. The number of benzene rings is 2. The number of amides is 1. The number of methoxy groups -OCH3 is 1. The van der Waals surface area contributed by atoms with Gasteiger partial charge in [-0.05, 0) is 62.0 Å². The van der Waals surface area contributed by atoms with Crippen molar-refractivity contribution >= 4 is 19.4 Å². The van der Waals surface area contributed by atoms with Gasteiger partial charge in [-0.2, -0.15) is 13.5 Å². The van der Waals surface area contributed by atoms with Gasteiger partial charge >= 0.3 is 0 Å². The second kappa shape index (κ2) is 9.01. The summed E-state index contributed by atoms with van der Waals surface area (Å²) in [5, 5.41) is 3.38. The molecule has 1 atom stereocenters. The van der Waals surface area contributed by atoms with Gasteiger partial charge < -0.3 is 15.0 Å². The molecule has 1 heterocycles. The predicted molar refractivity (Wildman–Crippen MR) is 117 cm³/mol. The minimum Gasteiger partial charge on any atom is -0.497 e. The van der Waals surface area contributed by atoms with Crippen molar-refractivity contribution in [3.8, 4) is 5.75 Å². The topological polar surface area (TPSA) is 41.6 Å². The molecule has 1 aliphatic carbocycles. The molecule has 150 valence electrons. The molecule has 2 aliphatic rings. The smallest absolute Gasteiger partial charge is 0.231 e. The van der Waals surface area contributed by atoms with E-state index in [2.05, 4.69) is 34.5 Å². The molecule has 0 unspecified atom stereocenters. The number of nitrogens with zero attached hydrogens (tertiary/aromatic N) is 1. The molecule has 0 bridgehead atoms. The molecule has 1 amide bonds. The number of nitrogens with one attached hydrogen (secondary N) is 1. The van der Waals surface area contributed by atoms with Gasteiger partial charge in [0.2, 0.25) is 5.91 Å². The molecule has 1 saturated heterocycles. The van der Waals surface area contributed by atoms with Gasteiger partial charge in [-0.3, -0.25) is 4.79 Å². The standard InChI is InChI=1S/C23H28N2O2.H2S/c1-27-20-11-9-19(10-12-20)23(13-14-23)22(26)24-21(17-25-15-5-6-16-25)18-7-3-2-4-8-18;/h2-4,7-12,21H,5-6,13-17H2,1H3,(H,24,26);1H2/t21-;/m1./s1. The Hall–Kier alpha value is -1.98. The third-order valence-electron chi connectivity index (χ3n) is 5.97. The van der Waals surface area contributed by atoms with E-state index in [9.17, 15) is 4.79 Å². The van der Waals surface area contributed by atoms with E-state index in [-0.39, 0.29) is 30.9 Å². The molecule has 0 radical (unpaired) electrons. The molecule has 0 spiro atoms. The van der Waals surface area contributed by atoms with Crippen LogP contribution in [0.15, 0.2) is 54.6 Å². The van der Waals surface area contributed by atoms with Gasteiger partial charge in [-0.15, -0.1) is 0 Å². The average Bonchev–Trinajstić information content (AvgIpc) is 3.38. The number of rotatable bonds is 7. The number of carbonyl (C=O) groups excluding carboxylic acids is 1. The Morgan fingerprint density at radius 2 is 1.71 bits per heavy atom. The average molecular weight is 399 g/mol. The summed E-state index contributed by atoms with van der Waals surface area (Å²) < 4.78 is 5.25. The lowest BCUT2D eigenvalue weighted by atomic mass is 9.94. The minimum absolute atomic E-state index is 0. The van der Waals surface area contributed by atoms with Gasteiger partial charge in [0.25, 0.3) is 0 Å². The summed E-state index contributed by atoms with van der Waals surface area (Å²) in [5.74, 6) is 0.979. The normalized spacial score (nSPS) is 18.8.